The van der Waals surface area contributed by atoms with E-state index in [1.807, 2.05) is 20.9 Å². The molecule has 12 heteroatoms. The minimum atomic E-state index is -4.46. The highest BCUT2D eigenvalue weighted by Crippen LogP contribution is 2.60. The molecule has 2 aliphatic heterocycles. The van der Waals surface area contributed by atoms with Crippen LogP contribution in [0, 0.1) is 17.8 Å². The number of aromatic nitrogens is 4. The van der Waals surface area contributed by atoms with Crippen LogP contribution in [0.2, 0.25) is 0 Å². The van der Waals surface area contributed by atoms with Gasteiger partial charge in [0.1, 0.15) is 11.1 Å². The number of aldehydes is 1. The molecule has 3 fully saturated rings. The van der Waals surface area contributed by atoms with Gasteiger partial charge in [-0.25, -0.2) is 4.98 Å². The Labute approximate surface area is 214 Å². The smallest absolute Gasteiger partial charge is 0.403 e. The first kappa shape index (κ1) is 28.7. The van der Waals surface area contributed by atoms with Crippen LogP contribution in [0.4, 0.5) is 13.2 Å². The van der Waals surface area contributed by atoms with Gasteiger partial charge in [0.25, 0.3) is 0 Å². The molecule has 204 valence electrons. The van der Waals surface area contributed by atoms with Crippen molar-refractivity contribution in [3.63, 3.8) is 0 Å². The number of carbonyl (C=O) groups is 2. The Hall–Kier alpha value is -2.89. The summed E-state index contributed by atoms with van der Waals surface area (Å²) in [5.41, 5.74) is -1.08. The fraction of sp³-hybridized carbons (Fsp3) is 0.680. The van der Waals surface area contributed by atoms with Crippen molar-refractivity contribution in [2.24, 2.45) is 10.8 Å². The molecule has 0 aromatic carbocycles. The van der Waals surface area contributed by atoms with Gasteiger partial charge in [-0.15, -0.1) is 10.2 Å². The van der Waals surface area contributed by atoms with E-state index in [1.165, 1.54) is 11.1 Å². The summed E-state index contributed by atoms with van der Waals surface area (Å²) in [6.45, 7) is 9.84. The number of rotatable bonds is 5. The topological polar surface area (TPSA) is 105 Å². The summed E-state index contributed by atoms with van der Waals surface area (Å²) in [6.07, 6.45) is 1.17. The van der Waals surface area contributed by atoms with Crippen molar-refractivity contribution < 1.29 is 27.2 Å². The summed E-state index contributed by atoms with van der Waals surface area (Å²) in [5.74, 6) is 0.168. The number of hydrogen-bond donors (Lipinski definition) is 0. The number of amides is 1. The number of likely N-dealkylation sites (N-methyl/N-ethyl adjacent to an activating group) is 1. The summed E-state index contributed by atoms with van der Waals surface area (Å²) in [4.78, 5) is 33.9. The van der Waals surface area contributed by atoms with E-state index in [-0.39, 0.29) is 24.2 Å². The third kappa shape index (κ3) is 5.83. The van der Waals surface area contributed by atoms with Gasteiger partial charge in [-0.05, 0) is 26.3 Å². The molecule has 9 nitrogen and oxygen atoms in total. The number of alkyl halides is 3. The summed E-state index contributed by atoms with van der Waals surface area (Å²) in [6, 6.07) is 0. The molecule has 0 radical (unpaired) electrons. The zero-order valence-corrected chi connectivity index (χ0v) is 22.0. The minimum Gasteiger partial charge on any atom is -0.425 e. The van der Waals surface area contributed by atoms with Crippen LogP contribution < -0.4 is 0 Å². The van der Waals surface area contributed by atoms with E-state index in [0.717, 1.165) is 18.5 Å². The highest BCUT2D eigenvalue weighted by Gasteiger charge is 2.71. The maximum Gasteiger partial charge on any atom is 0.403 e. The van der Waals surface area contributed by atoms with E-state index in [0.29, 0.717) is 49.9 Å². The van der Waals surface area contributed by atoms with E-state index in [9.17, 15) is 22.8 Å². The van der Waals surface area contributed by atoms with Crippen molar-refractivity contribution in [2.75, 3.05) is 33.2 Å². The number of hydrogen-bond acceptors (Lipinski definition) is 8. The Morgan fingerprint density at radius 2 is 1.84 bits per heavy atom. The van der Waals surface area contributed by atoms with Gasteiger partial charge in [-0.2, -0.15) is 13.2 Å². The van der Waals surface area contributed by atoms with Gasteiger partial charge in [0.05, 0.1) is 17.8 Å². The molecular weight excluding hydrogens is 489 g/mol. The molecule has 0 bridgehead atoms. The molecule has 1 spiro atoms. The predicted octanol–water partition coefficient (Wildman–Crippen LogP) is 3.85. The van der Waals surface area contributed by atoms with Gasteiger partial charge in [-0.3, -0.25) is 14.6 Å². The zero-order chi connectivity index (χ0) is 27.4. The SMILES string of the molecule is CC.CCCc1cnc(C=O)cn1.Cc1nnc(C2CN(C)CC23CN(C(=O)C2(C(F)(F)F)CC2)C3)o1. The number of likely N-dealkylation sites (tertiary alicyclic amines) is 2. The molecule has 2 saturated heterocycles. The van der Waals surface area contributed by atoms with E-state index in [1.54, 1.807) is 13.1 Å². The van der Waals surface area contributed by atoms with Crippen molar-refractivity contribution in [2.45, 2.75) is 65.5 Å². The summed E-state index contributed by atoms with van der Waals surface area (Å²) >= 11 is 0. The van der Waals surface area contributed by atoms with Crippen molar-refractivity contribution in [3.8, 4) is 0 Å². The summed E-state index contributed by atoms with van der Waals surface area (Å²) in [7, 11) is 1.95. The molecule has 2 aromatic rings. The Morgan fingerprint density at radius 1 is 1.16 bits per heavy atom. The third-order valence-corrected chi connectivity index (χ3v) is 7.01. The Morgan fingerprint density at radius 3 is 2.30 bits per heavy atom. The van der Waals surface area contributed by atoms with Gasteiger partial charge < -0.3 is 14.2 Å². The van der Waals surface area contributed by atoms with Gasteiger partial charge in [0.2, 0.25) is 17.7 Å². The maximum atomic E-state index is 13.2. The van der Waals surface area contributed by atoms with Crippen LogP contribution in [0.3, 0.4) is 0 Å². The van der Waals surface area contributed by atoms with Crippen molar-refractivity contribution >= 4 is 12.2 Å². The van der Waals surface area contributed by atoms with E-state index >= 15 is 0 Å². The average molecular weight is 525 g/mol. The van der Waals surface area contributed by atoms with Crippen LogP contribution in [-0.2, 0) is 11.2 Å². The van der Waals surface area contributed by atoms with Gasteiger partial charge in [0.15, 0.2) is 6.29 Å². The first-order valence-electron chi connectivity index (χ1n) is 12.6. The second kappa shape index (κ2) is 11.2. The normalized spacial score (nSPS) is 21.3. The molecule has 1 unspecified atom stereocenters. The Balaban J connectivity index is 0.000000247. The number of halogens is 3. The molecule has 0 N–H and O–H groups in total. The molecule has 1 saturated carbocycles. The first-order valence-corrected chi connectivity index (χ1v) is 12.6. The highest BCUT2D eigenvalue weighted by atomic mass is 19.4. The van der Waals surface area contributed by atoms with Crippen LogP contribution >= 0.6 is 0 Å². The molecule has 1 aliphatic carbocycles. The van der Waals surface area contributed by atoms with Crippen LogP contribution in [-0.4, -0.2) is 81.6 Å². The van der Waals surface area contributed by atoms with Gasteiger partial charge >= 0.3 is 6.18 Å². The molecule has 1 atom stereocenters. The number of carbonyl (C=O) groups excluding carboxylic acids is 2. The largest absolute Gasteiger partial charge is 0.425 e. The fourth-order valence-electron chi connectivity index (χ4n) is 5.05. The number of aryl methyl sites for hydroxylation is 2. The highest BCUT2D eigenvalue weighted by molar-refractivity contribution is 5.87. The van der Waals surface area contributed by atoms with E-state index in [2.05, 4.69) is 32.0 Å². The fourth-order valence-corrected chi connectivity index (χ4v) is 5.05. The van der Waals surface area contributed by atoms with Crippen LogP contribution in [0.5, 0.6) is 0 Å². The van der Waals surface area contributed by atoms with Crippen LogP contribution in [0.15, 0.2) is 16.8 Å². The second-order valence-electron chi connectivity index (χ2n) is 9.81. The lowest BCUT2D eigenvalue weighted by Crippen LogP contribution is -2.64. The monoisotopic (exact) mass is 524 g/mol. The van der Waals surface area contributed by atoms with E-state index in [4.69, 9.17) is 4.42 Å². The van der Waals surface area contributed by atoms with Crippen LogP contribution in [0.25, 0.3) is 0 Å². The van der Waals surface area contributed by atoms with Gasteiger partial charge in [0, 0.05) is 44.7 Å². The Kier molecular flexibility index (Phi) is 8.71. The molecule has 5 rings (SSSR count). The molecule has 2 aromatic heterocycles. The molecular formula is C25H35F3N6O3. The quantitative estimate of drug-likeness (QED) is 0.544. The molecule has 37 heavy (non-hydrogen) atoms. The second-order valence-corrected chi connectivity index (χ2v) is 9.81. The number of nitrogens with zero attached hydrogens (tertiary/aromatic N) is 6. The molecule has 1 amide bonds. The molecule has 4 heterocycles. The standard InChI is InChI=1S/C15H19F3N4O2.C8H10N2O.C2H6/c1-9-19-20-11(24-9)10-5-21(2)6-13(10)7-22(8-13)12(23)14(3-4-14)15(16,17)18;1-2-3-7-4-10-8(6-11)5-9-7;1-2/h10H,3-8H2,1-2H3;4-6H,2-3H2,1H3;1-2H3. The van der Waals surface area contributed by atoms with Crippen LogP contribution in [0.1, 0.15) is 73.9 Å². The maximum absolute atomic E-state index is 13.2. The zero-order valence-electron chi connectivity index (χ0n) is 22.0. The van der Waals surface area contributed by atoms with Crippen molar-refractivity contribution in [3.05, 3.63) is 35.6 Å². The minimum absolute atomic E-state index is 0.0474. The average Bonchev–Trinajstić information content (AvgIpc) is 3.46. The lowest BCUT2D eigenvalue weighted by Gasteiger charge is -2.51. The lowest BCUT2D eigenvalue weighted by molar-refractivity contribution is -0.204. The Bertz CT molecular complexity index is 1060. The molecule has 3 aliphatic rings. The summed E-state index contributed by atoms with van der Waals surface area (Å²) in [5, 5.41) is 7.93. The van der Waals surface area contributed by atoms with Crippen molar-refractivity contribution in [1.82, 2.24) is 30.0 Å². The third-order valence-electron chi connectivity index (χ3n) is 7.01. The van der Waals surface area contributed by atoms with E-state index < -0.39 is 17.5 Å². The summed E-state index contributed by atoms with van der Waals surface area (Å²) < 4.78 is 45.0. The van der Waals surface area contributed by atoms with Crippen molar-refractivity contribution in [1.29, 1.82) is 0 Å². The lowest BCUT2D eigenvalue weighted by atomic mass is 9.71. The first-order chi connectivity index (χ1) is 17.5. The predicted molar refractivity (Wildman–Crippen MR) is 129 cm³/mol. The van der Waals surface area contributed by atoms with Gasteiger partial charge in [-0.1, -0.05) is 27.2 Å².